The Hall–Kier alpha value is -2.24. The molecule has 1 atom stereocenters. The summed E-state index contributed by atoms with van der Waals surface area (Å²) in [5.41, 5.74) is -0.246. The van der Waals surface area contributed by atoms with Gasteiger partial charge in [-0.15, -0.1) is 0 Å². The molecule has 3 aliphatic rings. The van der Waals surface area contributed by atoms with Crippen molar-refractivity contribution in [2.24, 2.45) is 4.99 Å². The molecule has 1 unspecified atom stereocenters. The standard InChI is InChI=1S/C10H7N3O3/c14-5-1-2-7-6(3-5)10(8(15)12-7)4-11-9(16)13-10/h1-3H,4H2,(H2,11,13,16). The van der Waals surface area contributed by atoms with Gasteiger partial charge in [0.05, 0.1) is 12.3 Å². The molecule has 80 valence electrons. The molecule has 0 aromatic heterocycles. The lowest BCUT2D eigenvalue weighted by atomic mass is 9.86. The third-order valence-corrected chi connectivity index (χ3v) is 2.86. The van der Waals surface area contributed by atoms with E-state index in [1.54, 1.807) is 0 Å². The second kappa shape index (κ2) is 2.66. The Morgan fingerprint density at radius 1 is 1.25 bits per heavy atom. The van der Waals surface area contributed by atoms with E-state index in [1.165, 1.54) is 18.2 Å². The number of nitrogens with zero attached hydrogens (tertiary/aromatic N) is 1. The second-order valence-electron chi connectivity index (χ2n) is 3.81. The number of ketones is 1. The minimum atomic E-state index is -1.17. The van der Waals surface area contributed by atoms with E-state index in [2.05, 4.69) is 15.6 Å². The molecule has 2 aliphatic heterocycles. The summed E-state index contributed by atoms with van der Waals surface area (Å²) >= 11 is 0. The van der Waals surface area contributed by atoms with E-state index in [0.29, 0.717) is 11.3 Å². The molecule has 6 nitrogen and oxygen atoms in total. The summed E-state index contributed by atoms with van der Waals surface area (Å²) in [5, 5.41) is 5.04. The Bertz CT molecular complexity index is 529. The molecule has 6 heteroatoms. The molecule has 1 aliphatic carbocycles. The summed E-state index contributed by atoms with van der Waals surface area (Å²) in [6.45, 7) is 0.130. The van der Waals surface area contributed by atoms with Crippen LogP contribution in [0.5, 0.6) is 0 Å². The number of rotatable bonds is 0. The summed E-state index contributed by atoms with van der Waals surface area (Å²) < 4.78 is 0. The summed E-state index contributed by atoms with van der Waals surface area (Å²) in [6.07, 6.45) is 4.19. The maximum atomic E-state index is 11.8. The van der Waals surface area contributed by atoms with Gasteiger partial charge in [-0.3, -0.25) is 9.59 Å². The zero-order valence-electron chi connectivity index (χ0n) is 8.11. The number of amides is 3. The average Bonchev–Trinajstić information content (AvgIpc) is 2.74. The first-order valence-corrected chi connectivity index (χ1v) is 4.75. The van der Waals surface area contributed by atoms with Gasteiger partial charge in [-0.2, -0.15) is 0 Å². The number of urea groups is 1. The highest BCUT2D eigenvalue weighted by molar-refractivity contribution is 6.30. The van der Waals surface area contributed by atoms with Crippen LogP contribution in [0.3, 0.4) is 0 Å². The molecule has 16 heavy (non-hydrogen) atoms. The van der Waals surface area contributed by atoms with Crippen LogP contribution in [0.1, 0.15) is 0 Å². The minimum Gasteiger partial charge on any atom is -0.335 e. The van der Waals surface area contributed by atoms with Gasteiger partial charge in [0.1, 0.15) is 0 Å². The number of carbonyl (C=O) groups excluding carboxylic acids is 3. The highest BCUT2D eigenvalue weighted by atomic mass is 16.2. The van der Waals surface area contributed by atoms with E-state index in [-0.39, 0.29) is 12.3 Å². The Morgan fingerprint density at radius 3 is 2.75 bits per heavy atom. The van der Waals surface area contributed by atoms with Gasteiger partial charge in [0, 0.05) is 5.57 Å². The average molecular weight is 217 g/mol. The number of allylic oxidation sites excluding steroid dienone is 3. The van der Waals surface area contributed by atoms with Gasteiger partial charge in [0.15, 0.2) is 11.3 Å². The third-order valence-electron chi connectivity index (χ3n) is 2.86. The smallest absolute Gasteiger partial charge is 0.316 e. The Labute approximate surface area is 90.1 Å². The summed E-state index contributed by atoms with van der Waals surface area (Å²) in [7, 11) is 0. The molecule has 0 radical (unpaired) electrons. The van der Waals surface area contributed by atoms with Crippen molar-refractivity contribution in [2.45, 2.75) is 5.54 Å². The first-order valence-electron chi connectivity index (χ1n) is 4.75. The van der Waals surface area contributed by atoms with Gasteiger partial charge >= 0.3 is 6.03 Å². The van der Waals surface area contributed by atoms with Gasteiger partial charge in [0.25, 0.3) is 5.91 Å². The van der Waals surface area contributed by atoms with Crippen molar-refractivity contribution < 1.29 is 14.4 Å². The molecule has 1 saturated heterocycles. The highest BCUT2D eigenvalue weighted by Gasteiger charge is 2.53. The topological polar surface area (TPSA) is 87.6 Å². The molecule has 3 rings (SSSR count). The molecule has 0 saturated carbocycles. The van der Waals surface area contributed by atoms with Crippen LogP contribution in [-0.2, 0) is 9.59 Å². The predicted octanol–water partition coefficient (Wildman–Crippen LogP) is -0.915. The number of hydrogen-bond acceptors (Lipinski definition) is 3. The molecule has 2 heterocycles. The van der Waals surface area contributed by atoms with E-state index >= 15 is 0 Å². The van der Waals surface area contributed by atoms with Gasteiger partial charge in [0.2, 0.25) is 0 Å². The number of nitrogens with one attached hydrogen (secondary N) is 2. The van der Waals surface area contributed by atoms with Crippen molar-refractivity contribution >= 4 is 23.4 Å². The van der Waals surface area contributed by atoms with Crippen molar-refractivity contribution in [2.75, 3.05) is 6.54 Å². The van der Waals surface area contributed by atoms with Crippen LogP contribution in [0.4, 0.5) is 4.79 Å². The zero-order chi connectivity index (χ0) is 11.3. The van der Waals surface area contributed by atoms with E-state index in [9.17, 15) is 14.4 Å². The Morgan fingerprint density at radius 2 is 2.06 bits per heavy atom. The van der Waals surface area contributed by atoms with Gasteiger partial charge in [-0.05, 0) is 18.2 Å². The van der Waals surface area contributed by atoms with Crippen molar-refractivity contribution in [1.82, 2.24) is 10.6 Å². The summed E-state index contributed by atoms with van der Waals surface area (Å²) in [6, 6.07) is -0.423. The highest BCUT2D eigenvalue weighted by Crippen LogP contribution is 2.31. The lowest BCUT2D eigenvalue weighted by Gasteiger charge is -2.21. The fraction of sp³-hybridized carbons (Fsp3) is 0.200. The maximum Gasteiger partial charge on any atom is 0.316 e. The molecule has 1 fully saturated rings. The van der Waals surface area contributed by atoms with Gasteiger partial charge < -0.3 is 10.6 Å². The monoisotopic (exact) mass is 217 g/mol. The molecule has 0 aromatic rings. The second-order valence-corrected chi connectivity index (χ2v) is 3.81. The predicted molar refractivity (Wildman–Crippen MR) is 53.9 cm³/mol. The van der Waals surface area contributed by atoms with Crippen LogP contribution >= 0.6 is 0 Å². The lowest BCUT2D eigenvalue weighted by Crippen LogP contribution is -2.50. The molecule has 0 bridgehead atoms. The molecule has 0 aromatic carbocycles. The molecule has 1 spiro atoms. The van der Waals surface area contributed by atoms with Gasteiger partial charge in [-0.25, -0.2) is 9.79 Å². The third kappa shape index (κ3) is 0.955. The number of fused-ring (bicyclic) bond motifs is 2. The van der Waals surface area contributed by atoms with Crippen LogP contribution in [-0.4, -0.2) is 35.5 Å². The van der Waals surface area contributed by atoms with Crippen molar-refractivity contribution in [3.05, 3.63) is 23.8 Å². The Balaban J connectivity index is 2.13. The fourth-order valence-corrected chi connectivity index (χ4v) is 2.06. The molecule has 3 amide bonds. The van der Waals surface area contributed by atoms with Crippen LogP contribution in [0.15, 0.2) is 28.8 Å². The van der Waals surface area contributed by atoms with Crippen molar-refractivity contribution in [3.63, 3.8) is 0 Å². The SMILES string of the molecule is O=C1C=CC2=NC(=O)C3(CNC(=O)N3)C2=C1. The Kier molecular flexibility index (Phi) is 1.50. The summed E-state index contributed by atoms with van der Waals surface area (Å²) in [4.78, 5) is 38.0. The zero-order valence-corrected chi connectivity index (χ0v) is 8.11. The maximum absolute atomic E-state index is 11.8. The van der Waals surface area contributed by atoms with E-state index in [4.69, 9.17) is 0 Å². The quantitative estimate of drug-likeness (QED) is 0.514. The molecule has 2 N–H and O–H groups in total. The van der Waals surface area contributed by atoms with Gasteiger partial charge in [-0.1, -0.05) is 0 Å². The van der Waals surface area contributed by atoms with Crippen molar-refractivity contribution in [3.8, 4) is 0 Å². The van der Waals surface area contributed by atoms with Crippen LogP contribution in [0.2, 0.25) is 0 Å². The minimum absolute atomic E-state index is 0.130. The first-order chi connectivity index (χ1) is 7.62. The number of carbonyl (C=O) groups is 3. The molecular weight excluding hydrogens is 210 g/mol. The lowest BCUT2D eigenvalue weighted by molar-refractivity contribution is -0.121. The van der Waals surface area contributed by atoms with E-state index in [0.717, 1.165) is 0 Å². The largest absolute Gasteiger partial charge is 0.335 e. The first kappa shape index (κ1) is 9.02. The van der Waals surface area contributed by atoms with E-state index < -0.39 is 17.5 Å². The van der Waals surface area contributed by atoms with Crippen LogP contribution in [0, 0.1) is 0 Å². The van der Waals surface area contributed by atoms with Crippen LogP contribution in [0.25, 0.3) is 0 Å². The number of aliphatic imine (C=N–C) groups is 1. The van der Waals surface area contributed by atoms with Crippen LogP contribution < -0.4 is 10.6 Å². The van der Waals surface area contributed by atoms with E-state index in [1.807, 2.05) is 0 Å². The number of hydrogen-bond donors (Lipinski definition) is 2. The van der Waals surface area contributed by atoms with Crippen molar-refractivity contribution in [1.29, 1.82) is 0 Å². The molecular formula is C10H7N3O3. The summed E-state index contributed by atoms with van der Waals surface area (Å²) in [5.74, 6) is -0.643. The fourth-order valence-electron chi connectivity index (χ4n) is 2.06. The normalized spacial score (nSPS) is 31.1.